The maximum Gasteiger partial charge on any atom is 0.301 e. The van der Waals surface area contributed by atoms with Crippen LogP contribution >= 0.6 is 0 Å². The van der Waals surface area contributed by atoms with Gasteiger partial charge in [0.05, 0.1) is 6.54 Å². The summed E-state index contributed by atoms with van der Waals surface area (Å²) in [5.74, 6) is -3.99. The van der Waals surface area contributed by atoms with E-state index in [1.54, 1.807) is 0 Å². The monoisotopic (exact) mass is 176 g/mol. The van der Waals surface area contributed by atoms with Crippen LogP contribution in [0.1, 0.15) is 5.69 Å². The molecule has 0 unspecified atom stereocenters. The minimum absolute atomic E-state index is 0.634. The first-order valence-corrected chi connectivity index (χ1v) is 3.26. The molecule has 0 aliphatic heterocycles. The van der Waals surface area contributed by atoms with Crippen LogP contribution in [0, 0.1) is 5.82 Å². The van der Waals surface area contributed by atoms with E-state index in [1.165, 1.54) is 0 Å². The summed E-state index contributed by atoms with van der Waals surface area (Å²) < 4.78 is 37.8. The van der Waals surface area contributed by atoms with Crippen LogP contribution in [0.5, 0.6) is 0 Å². The molecule has 0 aliphatic carbocycles. The molecule has 0 aliphatic rings. The second-order valence-electron chi connectivity index (χ2n) is 2.27. The lowest BCUT2D eigenvalue weighted by Gasteiger charge is -2.11. The normalized spacial score (nSPS) is 11.7. The third-order valence-electron chi connectivity index (χ3n) is 1.35. The molecule has 0 fully saturated rings. The van der Waals surface area contributed by atoms with Gasteiger partial charge < -0.3 is 5.73 Å². The zero-order valence-electron chi connectivity index (χ0n) is 6.10. The molecule has 1 aromatic heterocycles. The Labute approximate surface area is 67.2 Å². The van der Waals surface area contributed by atoms with Crippen molar-refractivity contribution in [1.82, 2.24) is 4.98 Å². The summed E-state index contributed by atoms with van der Waals surface area (Å²) in [7, 11) is 0. The van der Waals surface area contributed by atoms with Crippen molar-refractivity contribution in [3.63, 3.8) is 0 Å². The standard InChI is InChI=1S/C7H7F3N2/c8-5-1-2-12-6(3-5)7(9,10)4-11/h1-3H,4,11H2. The highest BCUT2D eigenvalue weighted by atomic mass is 19.3. The first kappa shape index (κ1) is 8.99. The van der Waals surface area contributed by atoms with Gasteiger partial charge in [0.15, 0.2) is 0 Å². The summed E-state index contributed by atoms with van der Waals surface area (Å²) in [4.78, 5) is 3.31. The Kier molecular flexibility index (Phi) is 2.32. The molecule has 0 amide bonds. The largest absolute Gasteiger partial charge is 0.325 e. The molecule has 1 aromatic rings. The van der Waals surface area contributed by atoms with E-state index in [2.05, 4.69) is 4.98 Å². The highest BCUT2D eigenvalue weighted by Gasteiger charge is 2.31. The number of halogens is 3. The van der Waals surface area contributed by atoms with Crippen molar-refractivity contribution in [3.05, 3.63) is 29.8 Å². The average Bonchev–Trinajstić information content (AvgIpc) is 2.05. The maximum absolute atomic E-state index is 12.7. The van der Waals surface area contributed by atoms with Gasteiger partial charge in [-0.25, -0.2) is 4.39 Å². The van der Waals surface area contributed by atoms with E-state index < -0.39 is 24.0 Å². The summed E-state index contributed by atoms with van der Waals surface area (Å²) in [5.41, 5.74) is 4.14. The lowest BCUT2D eigenvalue weighted by atomic mass is 10.2. The predicted octanol–water partition coefficient (Wildman–Crippen LogP) is 1.27. The maximum atomic E-state index is 12.7. The van der Waals surface area contributed by atoms with Crippen molar-refractivity contribution >= 4 is 0 Å². The summed E-state index contributed by atoms with van der Waals surface area (Å²) in [6.45, 7) is -0.872. The number of hydrogen-bond acceptors (Lipinski definition) is 2. The van der Waals surface area contributed by atoms with Gasteiger partial charge in [-0.15, -0.1) is 0 Å². The van der Waals surface area contributed by atoms with E-state index in [4.69, 9.17) is 5.73 Å². The van der Waals surface area contributed by atoms with Gasteiger partial charge in [-0.2, -0.15) is 8.78 Å². The van der Waals surface area contributed by atoms with Gasteiger partial charge in [0.1, 0.15) is 11.5 Å². The molecule has 2 nitrogen and oxygen atoms in total. The molecule has 0 atom stereocenters. The summed E-state index contributed by atoms with van der Waals surface area (Å²) >= 11 is 0. The molecule has 2 N–H and O–H groups in total. The number of hydrogen-bond donors (Lipinski definition) is 1. The van der Waals surface area contributed by atoms with Crippen LogP contribution in [0.3, 0.4) is 0 Å². The molecule has 1 heterocycles. The molecule has 0 bridgehead atoms. The Morgan fingerprint density at radius 1 is 1.50 bits per heavy atom. The average molecular weight is 176 g/mol. The van der Waals surface area contributed by atoms with Crippen LogP contribution in [-0.4, -0.2) is 11.5 Å². The number of nitrogens with two attached hydrogens (primary N) is 1. The molecule has 5 heteroatoms. The zero-order chi connectivity index (χ0) is 9.19. The lowest BCUT2D eigenvalue weighted by Crippen LogP contribution is -2.26. The minimum atomic E-state index is -3.25. The van der Waals surface area contributed by atoms with Gasteiger partial charge >= 0.3 is 5.92 Å². The molecule has 0 saturated heterocycles. The Bertz CT molecular complexity index is 275. The second kappa shape index (κ2) is 3.10. The Balaban J connectivity index is 3.03. The van der Waals surface area contributed by atoms with Crippen molar-refractivity contribution < 1.29 is 13.2 Å². The van der Waals surface area contributed by atoms with Crippen molar-refractivity contribution in [1.29, 1.82) is 0 Å². The van der Waals surface area contributed by atoms with Crippen LogP contribution in [0.2, 0.25) is 0 Å². The Morgan fingerprint density at radius 3 is 2.67 bits per heavy atom. The van der Waals surface area contributed by atoms with E-state index in [-0.39, 0.29) is 0 Å². The van der Waals surface area contributed by atoms with E-state index >= 15 is 0 Å². The van der Waals surface area contributed by atoms with Gasteiger partial charge in [-0.1, -0.05) is 0 Å². The third kappa shape index (κ3) is 1.73. The predicted molar refractivity (Wildman–Crippen MR) is 37.1 cm³/mol. The first-order valence-electron chi connectivity index (χ1n) is 3.26. The molecule has 12 heavy (non-hydrogen) atoms. The van der Waals surface area contributed by atoms with Crippen molar-refractivity contribution in [2.45, 2.75) is 5.92 Å². The zero-order valence-corrected chi connectivity index (χ0v) is 6.10. The minimum Gasteiger partial charge on any atom is -0.325 e. The molecule has 0 radical (unpaired) electrons. The van der Waals surface area contributed by atoms with Crippen molar-refractivity contribution in [3.8, 4) is 0 Å². The smallest absolute Gasteiger partial charge is 0.301 e. The van der Waals surface area contributed by atoms with E-state index in [9.17, 15) is 13.2 Å². The molecular formula is C7H7F3N2. The van der Waals surface area contributed by atoms with Gasteiger partial charge in [-0.05, 0) is 6.07 Å². The Morgan fingerprint density at radius 2 is 2.17 bits per heavy atom. The van der Waals surface area contributed by atoms with E-state index in [1.807, 2.05) is 0 Å². The SMILES string of the molecule is NCC(F)(F)c1cc(F)ccn1. The van der Waals surface area contributed by atoms with Crippen LogP contribution in [-0.2, 0) is 5.92 Å². The van der Waals surface area contributed by atoms with Gasteiger partial charge in [0, 0.05) is 12.3 Å². The molecule has 0 spiro atoms. The number of pyridine rings is 1. The summed E-state index contributed by atoms with van der Waals surface area (Å²) in [6, 6.07) is 1.67. The summed E-state index contributed by atoms with van der Waals surface area (Å²) in [5, 5.41) is 0. The fraction of sp³-hybridized carbons (Fsp3) is 0.286. The van der Waals surface area contributed by atoms with Crippen LogP contribution in [0.4, 0.5) is 13.2 Å². The van der Waals surface area contributed by atoms with Crippen molar-refractivity contribution in [2.24, 2.45) is 5.73 Å². The van der Waals surface area contributed by atoms with Gasteiger partial charge in [0.25, 0.3) is 0 Å². The molecule has 66 valence electrons. The third-order valence-corrected chi connectivity index (χ3v) is 1.35. The summed E-state index contributed by atoms with van der Waals surface area (Å²) in [6.07, 6.45) is 0.980. The van der Waals surface area contributed by atoms with Crippen molar-refractivity contribution in [2.75, 3.05) is 6.54 Å². The quantitative estimate of drug-likeness (QED) is 0.736. The fourth-order valence-electron chi connectivity index (χ4n) is 0.709. The van der Waals surface area contributed by atoms with Crippen LogP contribution in [0.15, 0.2) is 18.3 Å². The van der Waals surface area contributed by atoms with Crippen LogP contribution < -0.4 is 5.73 Å². The second-order valence-corrected chi connectivity index (χ2v) is 2.27. The number of rotatable bonds is 2. The Hall–Kier alpha value is -1.10. The van der Waals surface area contributed by atoms with E-state index in [0.29, 0.717) is 6.07 Å². The lowest BCUT2D eigenvalue weighted by molar-refractivity contribution is 0.00104. The molecule has 0 saturated carbocycles. The molecule has 0 aromatic carbocycles. The fourth-order valence-corrected chi connectivity index (χ4v) is 0.709. The van der Waals surface area contributed by atoms with Gasteiger partial charge in [-0.3, -0.25) is 4.98 Å². The van der Waals surface area contributed by atoms with Crippen LogP contribution in [0.25, 0.3) is 0 Å². The number of alkyl halides is 2. The highest BCUT2D eigenvalue weighted by Crippen LogP contribution is 2.24. The number of nitrogens with zero attached hydrogens (tertiary/aromatic N) is 1. The first-order chi connectivity index (χ1) is 5.56. The highest BCUT2D eigenvalue weighted by molar-refractivity contribution is 5.11. The molecule has 1 rings (SSSR count). The molecular weight excluding hydrogens is 169 g/mol. The topological polar surface area (TPSA) is 38.9 Å². The number of aromatic nitrogens is 1. The van der Waals surface area contributed by atoms with E-state index in [0.717, 1.165) is 12.3 Å². The van der Waals surface area contributed by atoms with Gasteiger partial charge in [0.2, 0.25) is 0 Å².